The lowest BCUT2D eigenvalue weighted by Crippen LogP contribution is -2.46. The van der Waals surface area contributed by atoms with Crippen molar-refractivity contribution in [1.29, 1.82) is 0 Å². The van der Waals surface area contributed by atoms with Crippen molar-refractivity contribution < 1.29 is 0 Å². The van der Waals surface area contributed by atoms with Crippen LogP contribution in [-0.4, -0.2) is 53.2 Å². The van der Waals surface area contributed by atoms with Gasteiger partial charge >= 0.3 is 0 Å². The summed E-state index contributed by atoms with van der Waals surface area (Å²) in [6, 6.07) is 5.37. The summed E-state index contributed by atoms with van der Waals surface area (Å²) in [6.45, 7) is 2.77. The number of piperidine rings is 1. The number of hydrogen-bond donors (Lipinski definition) is 5. The Kier molecular flexibility index (Phi) is 7.88. The molecule has 0 radical (unpaired) electrons. The minimum absolute atomic E-state index is 0.0312. The maximum Gasteiger partial charge on any atom is 0.232 e. The van der Waals surface area contributed by atoms with E-state index in [1.165, 1.54) is 0 Å². The van der Waals surface area contributed by atoms with E-state index >= 15 is 0 Å². The van der Waals surface area contributed by atoms with Gasteiger partial charge in [0.05, 0.1) is 10.0 Å². The third-order valence-corrected chi connectivity index (χ3v) is 7.27. The fraction of sp³-hybridized carbons (Fsp3) is 0.591. The predicted molar refractivity (Wildman–Crippen MR) is 134 cm³/mol. The predicted octanol–water partition coefficient (Wildman–Crippen LogP) is 2.20. The highest BCUT2D eigenvalue weighted by Gasteiger charge is 2.31. The van der Waals surface area contributed by atoms with Crippen molar-refractivity contribution in [3.05, 3.63) is 34.1 Å². The molecule has 9 N–H and O–H groups in total. The third kappa shape index (κ3) is 6.03. The molecule has 4 rings (SSSR count). The summed E-state index contributed by atoms with van der Waals surface area (Å²) in [5.41, 5.74) is 25.3. The number of nitrogens with zero attached hydrogens (tertiary/aromatic N) is 4. The minimum Gasteiger partial charge on any atom is -0.340 e. The number of nitrogens with two attached hydrogens (primary N) is 4. The van der Waals surface area contributed by atoms with Gasteiger partial charge in [0.15, 0.2) is 0 Å². The van der Waals surface area contributed by atoms with Crippen LogP contribution in [0, 0.1) is 11.8 Å². The van der Waals surface area contributed by atoms with Crippen molar-refractivity contribution >= 4 is 40.8 Å². The highest BCUT2D eigenvalue weighted by molar-refractivity contribution is 6.42. The van der Waals surface area contributed by atoms with E-state index in [9.17, 15) is 0 Å². The fourth-order valence-electron chi connectivity index (χ4n) is 4.91. The summed E-state index contributed by atoms with van der Waals surface area (Å²) < 4.78 is 0. The zero-order valence-electron chi connectivity index (χ0n) is 18.6. The number of anilines is 3. The van der Waals surface area contributed by atoms with E-state index in [2.05, 4.69) is 10.2 Å². The van der Waals surface area contributed by atoms with Crippen LogP contribution < -0.4 is 33.2 Å². The second-order valence-corrected chi connectivity index (χ2v) is 10.2. The molecule has 5 atom stereocenters. The van der Waals surface area contributed by atoms with Crippen LogP contribution in [0.15, 0.2) is 18.2 Å². The summed E-state index contributed by atoms with van der Waals surface area (Å²) in [6.07, 6.45) is 3.41. The second-order valence-electron chi connectivity index (χ2n) is 9.34. The summed E-state index contributed by atoms with van der Waals surface area (Å²) in [7, 11) is 0. The molecule has 2 aromatic rings. The Hall–Kier alpha value is -1.75. The van der Waals surface area contributed by atoms with E-state index < -0.39 is 0 Å². The van der Waals surface area contributed by atoms with Gasteiger partial charge < -0.3 is 33.2 Å². The van der Waals surface area contributed by atoms with Crippen molar-refractivity contribution in [1.82, 2.24) is 15.0 Å². The van der Waals surface area contributed by atoms with Gasteiger partial charge in [-0.3, -0.25) is 0 Å². The molecule has 180 valence electrons. The lowest BCUT2D eigenvalue weighted by atomic mass is 9.83. The fourth-order valence-corrected chi connectivity index (χ4v) is 5.20. The highest BCUT2D eigenvalue weighted by atomic mass is 35.5. The van der Waals surface area contributed by atoms with E-state index in [-0.39, 0.29) is 18.0 Å². The molecule has 1 unspecified atom stereocenters. The summed E-state index contributed by atoms with van der Waals surface area (Å²) in [5, 5.41) is 4.20. The van der Waals surface area contributed by atoms with Crippen molar-refractivity contribution in [2.75, 3.05) is 36.4 Å². The number of benzene rings is 1. The van der Waals surface area contributed by atoms with Crippen LogP contribution in [0.25, 0.3) is 0 Å². The smallest absolute Gasteiger partial charge is 0.232 e. The molecule has 1 aliphatic carbocycles. The molecule has 1 aromatic heterocycles. The molecule has 1 saturated carbocycles. The van der Waals surface area contributed by atoms with Crippen LogP contribution in [0.1, 0.15) is 37.4 Å². The van der Waals surface area contributed by atoms with Gasteiger partial charge in [-0.05, 0) is 68.8 Å². The first-order valence-electron chi connectivity index (χ1n) is 11.5. The number of nitrogens with one attached hydrogen (secondary N) is 1. The third-order valence-electron chi connectivity index (χ3n) is 6.54. The van der Waals surface area contributed by atoms with Gasteiger partial charge in [0.25, 0.3) is 0 Å². The SMILES string of the molecule is NC[C@@H]1C[C@H](CN)CN(c2nc(Nc3ccc(Cl)c(Cl)c3)nc(C3C[C@@H](N)C[C@@H](N)C3)n2)C1. The van der Waals surface area contributed by atoms with Crippen molar-refractivity contribution in [3.63, 3.8) is 0 Å². The van der Waals surface area contributed by atoms with Crippen molar-refractivity contribution in [2.45, 2.75) is 43.7 Å². The number of rotatable bonds is 6. The molecule has 0 amide bonds. The Morgan fingerprint density at radius 3 is 2.15 bits per heavy atom. The van der Waals surface area contributed by atoms with Gasteiger partial charge in [-0.1, -0.05) is 23.2 Å². The van der Waals surface area contributed by atoms with Crippen LogP contribution >= 0.6 is 23.2 Å². The molecule has 11 heteroatoms. The molecule has 1 aliphatic heterocycles. The van der Waals surface area contributed by atoms with Crippen LogP contribution in [-0.2, 0) is 0 Å². The Bertz CT molecular complexity index is 937. The molecule has 0 bridgehead atoms. The lowest BCUT2D eigenvalue weighted by molar-refractivity contribution is 0.324. The van der Waals surface area contributed by atoms with Gasteiger partial charge in [-0.2, -0.15) is 15.0 Å². The summed E-state index contributed by atoms with van der Waals surface area (Å²) in [5.74, 6) is 2.52. The first-order chi connectivity index (χ1) is 15.8. The molecule has 2 fully saturated rings. The number of hydrogen-bond acceptors (Lipinski definition) is 9. The van der Waals surface area contributed by atoms with E-state index in [1.54, 1.807) is 12.1 Å². The van der Waals surface area contributed by atoms with Crippen molar-refractivity contribution in [3.8, 4) is 0 Å². The summed E-state index contributed by atoms with van der Waals surface area (Å²) in [4.78, 5) is 16.6. The molecular weight excluding hydrogens is 461 g/mol. The molecule has 2 heterocycles. The maximum atomic E-state index is 6.27. The van der Waals surface area contributed by atoms with E-state index in [0.717, 1.165) is 44.5 Å². The average molecular weight is 494 g/mol. The highest BCUT2D eigenvalue weighted by Crippen LogP contribution is 2.33. The topological polar surface area (TPSA) is 158 Å². The zero-order chi connectivity index (χ0) is 23.5. The summed E-state index contributed by atoms with van der Waals surface area (Å²) >= 11 is 12.3. The Morgan fingerprint density at radius 1 is 0.879 bits per heavy atom. The molecular formula is C22H33Cl2N9. The molecule has 1 saturated heterocycles. The monoisotopic (exact) mass is 493 g/mol. The number of halogens is 2. The first-order valence-corrected chi connectivity index (χ1v) is 12.2. The maximum absolute atomic E-state index is 6.27. The quantitative estimate of drug-likeness (QED) is 0.406. The average Bonchev–Trinajstić information content (AvgIpc) is 2.80. The zero-order valence-corrected chi connectivity index (χ0v) is 20.1. The lowest BCUT2D eigenvalue weighted by Gasteiger charge is -2.37. The van der Waals surface area contributed by atoms with Gasteiger partial charge in [-0.15, -0.1) is 0 Å². The molecule has 33 heavy (non-hydrogen) atoms. The van der Waals surface area contributed by atoms with Gasteiger partial charge in [0, 0.05) is 36.8 Å². The van der Waals surface area contributed by atoms with E-state index in [4.69, 9.17) is 61.1 Å². The Morgan fingerprint density at radius 2 is 1.55 bits per heavy atom. The van der Waals surface area contributed by atoms with E-state index in [0.29, 0.717) is 52.7 Å². The van der Waals surface area contributed by atoms with Gasteiger partial charge in [-0.25, -0.2) is 0 Å². The molecule has 2 aliphatic rings. The van der Waals surface area contributed by atoms with E-state index in [1.807, 2.05) is 6.07 Å². The van der Waals surface area contributed by atoms with Crippen LogP contribution in [0.5, 0.6) is 0 Å². The molecule has 9 nitrogen and oxygen atoms in total. The largest absolute Gasteiger partial charge is 0.340 e. The standard InChI is InChI=1S/C22H33Cl2N9/c23-18-2-1-17(7-19(18)24)29-21-30-20(14-4-15(27)6-16(28)5-14)31-22(32-21)33-10-12(8-25)3-13(9-26)11-33/h1-2,7,12-16H,3-6,8-11,25-28H2,(H,29,30,31,32)/t12-,13+,14?,15-,16+. The Labute approximate surface area is 204 Å². The second kappa shape index (κ2) is 10.7. The minimum atomic E-state index is 0.0312. The van der Waals surface area contributed by atoms with Crippen molar-refractivity contribution in [2.24, 2.45) is 34.8 Å². The normalized spacial score (nSPS) is 28.1. The Balaban J connectivity index is 1.68. The van der Waals surface area contributed by atoms with Gasteiger partial charge in [0.1, 0.15) is 5.82 Å². The van der Waals surface area contributed by atoms with Crippen LogP contribution in [0.2, 0.25) is 10.0 Å². The molecule has 1 aromatic carbocycles. The van der Waals surface area contributed by atoms with Gasteiger partial charge in [0.2, 0.25) is 11.9 Å². The van der Waals surface area contributed by atoms with Crippen LogP contribution in [0.3, 0.4) is 0 Å². The van der Waals surface area contributed by atoms with Crippen LogP contribution in [0.4, 0.5) is 17.6 Å². The number of aromatic nitrogens is 3. The first kappa shape index (κ1) is 24.4. The molecule has 0 spiro atoms.